The zero-order valence-electron chi connectivity index (χ0n) is 9.34. The predicted molar refractivity (Wildman–Crippen MR) is 61.4 cm³/mol. The number of anilines is 2. The van der Waals surface area contributed by atoms with Crippen LogP contribution in [0.2, 0.25) is 0 Å². The Morgan fingerprint density at radius 2 is 2.12 bits per heavy atom. The Morgan fingerprint density at radius 1 is 1.38 bits per heavy atom. The molecule has 2 N–H and O–H groups in total. The minimum atomic E-state index is -0.831. The third kappa shape index (κ3) is 1.96. The van der Waals surface area contributed by atoms with Gasteiger partial charge >= 0.3 is 0 Å². The van der Waals surface area contributed by atoms with Gasteiger partial charge < -0.3 is 10.6 Å². The van der Waals surface area contributed by atoms with E-state index in [-0.39, 0.29) is 5.69 Å². The van der Waals surface area contributed by atoms with Gasteiger partial charge in [-0.1, -0.05) is 6.92 Å². The van der Waals surface area contributed by atoms with Crippen molar-refractivity contribution in [1.29, 1.82) is 0 Å². The van der Waals surface area contributed by atoms with Crippen molar-refractivity contribution in [1.82, 2.24) is 0 Å². The van der Waals surface area contributed by atoms with E-state index in [0.29, 0.717) is 11.6 Å². The van der Waals surface area contributed by atoms with Gasteiger partial charge in [-0.05, 0) is 30.9 Å². The topological polar surface area (TPSA) is 29.3 Å². The highest BCUT2D eigenvalue weighted by atomic mass is 19.2. The second-order valence-corrected chi connectivity index (χ2v) is 4.49. The highest BCUT2D eigenvalue weighted by molar-refractivity contribution is 5.68. The summed E-state index contributed by atoms with van der Waals surface area (Å²) in [5, 5.41) is 0. The van der Waals surface area contributed by atoms with Gasteiger partial charge in [-0.25, -0.2) is 8.78 Å². The Morgan fingerprint density at radius 3 is 2.81 bits per heavy atom. The summed E-state index contributed by atoms with van der Waals surface area (Å²) in [4.78, 5) is 1.85. The smallest absolute Gasteiger partial charge is 0.184 e. The van der Waals surface area contributed by atoms with Gasteiger partial charge in [-0.15, -0.1) is 0 Å². The molecule has 16 heavy (non-hydrogen) atoms. The van der Waals surface area contributed by atoms with Crippen molar-refractivity contribution in [3.8, 4) is 0 Å². The molecule has 1 saturated heterocycles. The number of halogens is 2. The van der Waals surface area contributed by atoms with Crippen molar-refractivity contribution in [3.05, 3.63) is 23.8 Å². The molecule has 1 aromatic carbocycles. The SMILES string of the molecule is CC1CCCN(c2c(N)ccc(F)c2F)C1. The molecule has 88 valence electrons. The average molecular weight is 226 g/mol. The Balaban J connectivity index is 2.35. The van der Waals surface area contributed by atoms with Gasteiger partial charge in [0.25, 0.3) is 0 Å². The van der Waals surface area contributed by atoms with Gasteiger partial charge in [-0.3, -0.25) is 0 Å². The summed E-state index contributed by atoms with van der Waals surface area (Å²) in [6.07, 6.45) is 2.13. The van der Waals surface area contributed by atoms with Crippen LogP contribution in [0.5, 0.6) is 0 Å². The molecule has 2 nitrogen and oxygen atoms in total. The van der Waals surface area contributed by atoms with Crippen molar-refractivity contribution in [2.45, 2.75) is 19.8 Å². The van der Waals surface area contributed by atoms with Crippen molar-refractivity contribution >= 4 is 11.4 Å². The number of hydrogen-bond acceptors (Lipinski definition) is 2. The Labute approximate surface area is 94.0 Å². The van der Waals surface area contributed by atoms with E-state index in [0.717, 1.165) is 32.0 Å². The summed E-state index contributed by atoms with van der Waals surface area (Å²) in [7, 11) is 0. The van der Waals surface area contributed by atoms with Crippen LogP contribution in [0.1, 0.15) is 19.8 Å². The van der Waals surface area contributed by atoms with Crippen molar-refractivity contribution in [2.75, 3.05) is 23.7 Å². The first-order chi connectivity index (χ1) is 7.59. The van der Waals surface area contributed by atoms with Crippen molar-refractivity contribution in [2.24, 2.45) is 5.92 Å². The van der Waals surface area contributed by atoms with E-state index in [1.165, 1.54) is 6.07 Å². The first-order valence-corrected chi connectivity index (χ1v) is 5.58. The first kappa shape index (κ1) is 11.2. The summed E-state index contributed by atoms with van der Waals surface area (Å²) in [6.45, 7) is 3.60. The van der Waals surface area contributed by atoms with E-state index in [4.69, 9.17) is 5.73 Å². The fourth-order valence-electron chi connectivity index (χ4n) is 2.27. The number of nitrogens with zero attached hydrogens (tertiary/aromatic N) is 1. The summed E-state index contributed by atoms with van der Waals surface area (Å²) < 4.78 is 26.8. The molecule has 0 amide bonds. The van der Waals surface area contributed by atoms with Gasteiger partial charge in [0.05, 0.1) is 11.4 Å². The maximum atomic E-state index is 13.7. The Bertz CT molecular complexity index is 393. The predicted octanol–water partition coefficient (Wildman–Crippen LogP) is 2.78. The number of nitrogen functional groups attached to an aromatic ring is 1. The summed E-state index contributed by atoms with van der Waals surface area (Å²) in [5.41, 5.74) is 6.26. The molecule has 0 aromatic heterocycles. The Kier molecular flexibility index (Phi) is 2.99. The zero-order valence-corrected chi connectivity index (χ0v) is 9.34. The van der Waals surface area contributed by atoms with Crippen LogP contribution in [-0.2, 0) is 0 Å². The largest absolute Gasteiger partial charge is 0.397 e. The molecule has 1 fully saturated rings. The molecule has 1 heterocycles. The van der Waals surface area contributed by atoms with Crippen LogP contribution >= 0.6 is 0 Å². The van der Waals surface area contributed by atoms with Crippen LogP contribution in [0, 0.1) is 17.6 Å². The molecular weight excluding hydrogens is 210 g/mol. The molecule has 0 aliphatic carbocycles. The van der Waals surface area contributed by atoms with E-state index >= 15 is 0 Å². The van der Waals surface area contributed by atoms with E-state index < -0.39 is 11.6 Å². The quantitative estimate of drug-likeness (QED) is 0.746. The highest BCUT2D eigenvalue weighted by Gasteiger charge is 2.22. The number of benzene rings is 1. The summed E-state index contributed by atoms with van der Waals surface area (Å²) in [5.74, 6) is -1.16. The van der Waals surface area contributed by atoms with E-state index in [2.05, 4.69) is 6.92 Å². The fraction of sp³-hybridized carbons (Fsp3) is 0.500. The lowest BCUT2D eigenvalue weighted by atomic mass is 9.99. The summed E-state index contributed by atoms with van der Waals surface area (Å²) >= 11 is 0. The molecule has 0 saturated carbocycles. The van der Waals surface area contributed by atoms with E-state index in [1.807, 2.05) is 4.90 Å². The minimum absolute atomic E-state index is 0.228. The molecule has 0 spiro atoms. The zero-order chi connectivity index (χ0) is 11.7. The molecule has 1 atom stereocenters. The molecule has 0 bridgehead atoms. The minimum Gasteiger partial charge on any atom is -0.397 e. The second-order valence-electron chi connectivity index (χ2n) is 4.49. The lowest BCUT2D eigenvalue weighted by Crippen LogP contribution is -2.35. The van der Waals surface area contributed by atoms with Crippen LogP contribution in [0.3, 0.4) is 0 Å². The normalized spacial score (nSPS) is 21.2. The average Bonchev–Trinajstić information content (AvgIpc) is 2.24. The highest BCUT2D eigenvalue weighted by Crippen LogP contribution is 2.31. The van der Waals surface area contributed by atoms with Crippen LogP contribution in [0.15, 0.2) is 12.1 Å². The number of hydrogen-bond donors (Lipinski definition) is 1. The van der Waals surface area contributed by atoms with Gasteiger partial charge in [0, 0.05) is 13.1 Å². The second kappa shape index (κ2) is 4.28. The molecule has 1 unspecified atom stereocenters. The van der Waals surface area contributed by atoms with E-state index in [1.54, 1.807) is 0 Å². The monoisotopic (exact) mass is 226 g/mol. The van der Waals surface area contributed by atoms with Crippen molar-refractivity contribution < 1.29 is 8.78 Å². The lowest BCUT2D eigenvalue weighted by Gasteiger charge is -2.33. The number of nitrogens with two attached hydrogens (primary N) is 1. The Hall–Kier alpha value is -1.32. The van der Waals surface area contributed by atoms with Gasteiger partial charge in [0.1, 0.15) is 0 Å². The third-order valence-electron chi connectivity index (χ3n) is 3.07. The molecule has 1 aromatic rings. The number of rotatable bonds is 1. The van der Waals surface area contributed by atoms with Crippen molar-refractivity contribution in [3.63, 3.8) is 0 Å². The van der Waals surface area contributed by atoms with E-state index in [9.17, 15) is 8.78 Å². The maximum Gasteiger partial charge on any atom is 0.184 e. The first-order valence-electron chi connectivity index (χ1n) is 5.58. The van der Waals surface area contributed by atoms with Crippen LogP contribution in [-0.4, -0.2) is 13.1 Å². The van der Waals surface area contributed by atoms with Crippen LogP contribution in [0.4, 0.5) is 20.2 Å². The fourth-order valence-corrected chi connectivity index (χ4v) is 2.27. The van der Waals surface area contributed by atoms with Gasteiger partial charge in [-0.2, -0.15) is 0 Å². The molecule has 1 aliphatic rings. The molecule has 1 aliphatic heterocycles. The number of piperidine rings is 1. The van der Waals surface area contributed by atoms with Crippen LogP contribution < -0.4 is 10.6 Å². The molecule has 2 rings (SSSR count). The molecular formula is C12H16F2N2. The lowest BCUT2D eigenvalue weighted by molar-refractivity contribution is 0.437. The maximum absolute atomic E-state index is 13.7. The molecule has 0 radical (unpaired) electrons. The third-order valence-corrected chi connectivity index (χ3v) is 3.07. The van der Waals surface area contributed by atoms with Gasteiger partial charge in [0.2, 0.25) is 0 Å². The van der Waals surface area contributed by atoms with Crippen LogP contribution in [0.25, 0.3) is 0 Å². The van der Waals surface area contributed by atoms with Gasteiger partial charge in [0.15, 0.2) is 11.6 Å². The molecule has 4 heteroatoms. The summed E-state index contributed by atoms with van der Waals surface area (Å²) in [6, 6.07) is 2.49. The standard InChI is InChI=1S/C12H16F2N2/c1-8-3-2-6-16(7-8)12-10(15)5-4-9(13)11(12)14/h4-5,8H,2-3,6-7,15H2,1H3.